The lowest BCUT2D eigenvalue weighted by atomic mass is 10.1. The van der Waals surface area contributed by atoms with Gasteiger partial charge in [-0.2, -0.15) is 4.31 Å². The Balaban J connectivity index is 1.92. The van der Waals surface area contributed by atoms with Gasteiger partial charge >= 0.3 is 0 Å². The number of carbonyl (C=O) groups is 1. The standard InChI is InChI=1S/C16H24N2O3S/c1-14(2)12-16(19)17-8-10-18(11-9-17)22(20,21)13-15-6-4-3-5-7-15/h3-7,14H,8-13H2,1-2H3. The van der Waals surface area contributed by atoms with E-state index in [9.17, 15) is 13.2 Å². The number of amides is 1. The summed E-state index contributed by atoms with van der Waals surface area (Å²) < 4.78 is 26.4. The van der Waals surface area contributed by atoms with Crippen LogP contribution in [0.4, 0.5) is 0 Å². The second-order valence-electron chi connectivity index (χ2n) is 6.12. The summed E-state index contributed by atoms with van der Waals surface area (Å²) in [5.74, 6) is 0.468. The Labute approximate surface area is 133 Å². The van der Waals surface area contributed by atoms with Crippen LogP contribution in [0.25, 0.3) is 0 Å². The largest absolute Gasteiger partial charge is 0.340 e. The molecule has 0 radical (unpaired) electrons. The highest BCUT2D eigenvalue weighted by atomic mass is 32.2. The molecule has 22 heavy (non-hydrogen) atoms. The third-order valence-electron chi connectivity index (χ3n) is 3.76. The lowest BCUT2D eigenvalue weighted by molar-refractivity contribution is -0.133. The molecule has 0 bridgehead atoms. The van der Waals surface area contributed by atoms with Gasteiger partial charge < -0.3 is 4.90 Å². The van der Waals surface area contributed by atoms with Gasteiger partial charge in [-0.1, -0.05) is 44.2 Å². The van der Waals surface area contributed by atoms with Gasteiger partial charge in [-0.15, -0.1) is 0 Å². The molecule has 0 atom stereocenters. The summed E-state index contributed by atoms with van der Waals surface area (Å²) in [6, 6.07) is 9.19. The highest BCUT2D eigenvalue weighted by Gasteiger charge is 2.28. The number of piperazine rings is 1. The van der Waals surface area contributed by atoms with Crippen LogP contribution in [0.1, 0.15) is 25.8 Å². The molecule has 0 N–H and O–H groups in total. The first-order chi connectivity index (χ1) is 10.4. The Bertz CT molecular complexity index is 591. The fourth-order valence-corrected chi connectivity index (χ4v) is 4.09. The zero-order chi connectivity index (χ0) is 16.2. The van der Waals surface area contributed by atoms with Crippen molar-refractivity contribution in [3.63, 3.8) is 0 Å². The van der Waals surface area contributed by atoms with Crippen molar-refractivity contribution in [2.24, 2.45) is 5.92 Å². The van der Waals surface area contributed by atoms with Crippen molar-refractivity contribution in [3.8, 4) is 0 Å². The van der Waals surface area contributed by atoms with Crippen LogP contribution in [0.3, 0.4) is 0 Å². The molecule has 1 saturated heterocycles. The summed E-state index contributed by atoms with van der Waals surface area (Å²) in [6.45, 7) is 5.77. The molecule has 0 spiro atoms. The van der Waals surface area contributed by atoms with Gasteiger partial charge in [0.1, 0.15) is 0 Å². The van der Waals surface area contributed by atoms with Crippen LogP contribution in [0.5, 0.6) is 0 Å². The molecule has 1 aromatic carbocycles. The van der Waals surface area contributed by atoms with Crippen molar-refractivity contribution in [2.45, 2.75) is 26.0 Å². The quantitative estimate of drug-likeness (QED) is 0.828. The van der Waals surface area contributed by atoms with E-state index >= 15 is 0 Å². The zero-order valence-corrected chi connectivity index (χ0v) is 14.1. The highest BCUT2D eigenvalue weighted by molar-refractivity contribution is 7.88. The lowest BCUT2D eigenvalue weighted by Crippen LogP contribution is -2.50. The van der Waals surface area contributed by atoms with Crippen molar-refractivity contribution >= 4 is 15.9 Å². The van der Waals surface area contributed by atoms with Gasteiger partial charge in [0, 0.05) is 32.6 Å². The first-order valence-electron chi connectivity index (χ1n) is 7.68. The molecule has 0 aliphatic carbocycles. The molecule has 0 unspecified atom stereocenters. The molecule has 0 saturated carbocycles. The van der Waals surface area contributed by atoms with Crippen molar-refractivity contribution < 1.29 is 13.2 Å². The van der Waals surface area contributed by atoms with Crippen molar-refractivity contribution in [1.82, 2.24) is 9.21 Å². The Morgan fingerprint density at radius 3 is 2.23 bits per heavy atom. The summed E-state index contributed by atoms with van der Waals surface area (Å²) in [6.07, 6.45) is 0.525. The minimum Gasteiger partial charge on any atom is -0.340 e. The zero-order valence-electron chi connectivity index (χ0n) is 13.2. The van der Waals surface area contributed by atoms with Crippen molar-refractivity contribution in [3.05, 3.63) is 35.9 Å². The molecule has 2 rings (SSSR count). The normalized spacial score (nSPS) is 17.0. The summed E-state index contributed by atoms with van der Waals surface area (Å²) in [4.78, 5) is 13.8. The Hall–Kier alpha value is -1.40. The average Bonchev–Trinajstić information content (AvgIpc) is 2.47. The van der Waals surface area contributed by atoms with Crippen LogP contribution >= 0.6 is 0 Å². The first-order valence-corrected chi connectivity index (χ1v) is 9.29. The number of hydrogen-bond donors (Lipinski definition) is 0. The van der Waals surface area contributed by atoms with E-state index < -0.39 is 10.0 Å². The number of carbonyl (C=O) groups excluding carboxylic acids is 1. The fraction of sp³-hybridized carbons (Fsp3) is 0.562. The maximum absolute atomic E-state index is 12.4. The maximum Gasteiger partial charge on any atom is 0.222 e. The predicted octanol–water partition coefficient (Wildman–Crippen LogP) is 1.71. The number of hydrogen-bond acceptors (Lipinski definition) is 3. The lowest BCUT2D eigenvalue weighted by Gasteiger charge is -2.34. The van der Waals surface area contributed by atoms with Gasteiger partial charge in [-0.25, -0.2) is 8.42 Å². The third-order valence-corrected chi connectivity index (χ3v) is 5.61. The number of sulfonamides is 1. The molecule has 1 heterocycles. The second-order valence-corrected chi connectivity index (χ2v) is 8.09. The van der Waals surface area contributed by atoms with E-state index in [2.05, 4.69) is 0 Å². The number of nitrogens with zero attached hydrogens (tertiary/aromatic N) is 2. The number of rotatable bonds is 5. The monoisotopic (exact) mass is 324 g/mol. The minimum absolute atomic E-state index is 0.0216. The molecule has 6 heteroatoms. The van der Waals surface area contributed by atoms with Gasteiger partial charge in [0.05, 0.1) is 5.75 Å². The number of benzene rings is 1. The predicted molar refractivity (Wildman–Crippen MR) is 86.7 cm³/mol. The first kappa shape index (κ1) is 17.0. The molecule has 1 aliphatic rings. The SMILES string of the molecule is CC(C)CC(=O)N1CCN(S(=O)(=O)Cc2ccccc2)CC1. The van der Waals surface area contributed by atoms with E-state index in [1.54, 1.807) is 4.90 Å². The summed E-state index contributed by atoms with van der Waals surface area (Å²) in [5.41, 5.74) is 0.792. The van der Waals surface area contributed by atoms with E-state index in [1.165, 1.54) is 4.31 Å². The van der Waals surface area contributed by atoms with Gasteiger partial charge in [-0.3, -0.25) is 4.79 Å². The van der Waals surface area contributed by atoms with Crippen molar-refractivity contribution in [2.75, 3.05) is 26.2 Å². The van der Waals surface area contributed by atoms with Gasteiger partial charge in [-0.05, 0) is 11.5 Å². The summed E-state index contributed by atoms with van der Waals surface area (Å²) in [5, 5.41) is 0. The Morgan fingerprint density at radius 2 is 1.68 bits per heavy atom. The molecule has 122 valence electrons. The van der Waals surface area contributed by atoms with Gasteiger partial charge in [0.25, 0.3) is 0 Å². The molecule has 1 aliphatic heterocycles. The van der Waals surface area contributed by atoms with Crippen LogP contribution in [0.15, 0.2) is 30.3 Å². The second kappa shape index (κ2) is 7.24. The minimum atomic E-state index is -3.31. The fourth-order valence-electron chi connectivity index (χ4n) is 2.57. The molecular weight excluding hydrogens is 300 g/mol. The molecular formula is C16H24N2O3S. The van der Waals surface area contributed by atoms with Crippen LogP contribution in [-0.2, 0) is 20.6 Å². The third kappa shape index (κ3) is 4.55. The smallest absolute Gasteiger partial charge is 0.222 e. The van der Waals surface area contributed by atoms with Crippen LogP contribution in [0, 0.1) is 5.92 Å². The topological polar surface area (TPSA) is 57.7 Å². The molecule has 1 aromatic rings. The van der Waals surface area contributed by atoms with E-state index in [-0.39, 0.29) is 11.7 Å². The summed E-state index contributed by atoms with van der Waals surface area (Å²) >= 11 is 0. The van der Waals surface area contributed by atoms with E-state index in [1.807, 2.05) is 44.2 Å². The van der Waals surface area contributed by atoms with Crippen LogP contribution < -0.4 is 0 Å². The molecule has 0 aromatic heterocycles. The molecule has 1 amide bonds. The molecule has 1 fully saturated rings. The Morgan fingerprint density at radius 1 is 1.09 bits per heavy atom. The van der Waals surface area contributed by atoms with Crippen LogP contribution in [0.2, 0.25) is 0 Å². The highest BCUT2D eigenvalue weighted by Crippen LogP contribution is 2.15. The molecule has 5 nitrogen and oxygen atoms in total. The van der Waals surface area contributed by atoms with Crippen molar-refractivity contribution in [1.29, 1.82) is 0 Å². The van der Waals surface area contributed by atoms with E-state index in [0.29, 0.717) is 38.5 Å². The van der Waals surface area contributed by atoms with Gasteiger partial charge in [0.2, 0.25) is 15.9 Å². The Kier molecular flexibility index (Phi) is 5.58. The van der Waals surface area contributed by atoms with E-state index in [0.717, 1.165) is 5.56 Å². The van der Waals surface area contributed by atoms with E-state index in [4.69, 9.17) is 0 Å². The summed E-state index contributed by atoms with van der Waals surface area (Å²) in [7, 11) is -3.31. The van der Waals surface area contributed by atoms with Crippen LogP contribution in [-0.4, -0.2) is 49.7 Å². The maximum atomic E-state index is 12.4. The van der Waals surface area contributed by atoms with Gasteiger partial charge in [0.15, 0.2) is 0 Å². The average molecular weight is 324 g/mol.